The number of sulfonamides is 2. The second-order valence-corrected chi connectivity index (χ2v) is 10.8. The zero-order valence-electron chi connectivity index (χ0n) is 15.2. The van der Waals surface area contributed by atoms with E-state index in [1.165, 1.54) is 28.6 Å². The van der Waals surface area contributed by atoms with Gasteiger partial charge in [-0.2, -0.15) is 4.31 Å². The Hall–Kier alpha value is -1.78. The number of hydrogen-bond donors (Lipinski definition) is 2. The van der Waals surface area contributed by atoms with Crippen LogP contribution in [-0.2, 0) is 26.5 Å². The van der Waals surface area contributed by atoms with Crippen LogP contribution < -0.4 is 4.72 Å². The smallest absolute Gasteiger partial charge is 0.243 e. The quantitative estimate of drug-likeness (QED) is 0.758. The van der Waals surface area contributed by atoms with E-state index in [-0.39, 0.29) is 9.79 Å². The molecule has 2 N–H and O–H groups in total. The molecule has 2 aromatic rings. The van der Waals surface area contributed by atoms with Gasteiger partial charge in [-0.3, -0.25) is 0 Å². The molecule has 1 fully saturated rings. The summed E-state index contributed by atoms with van der Waals surface area (Å²) in [6.07, 6.45) is 1.21. The first kappa shape index (κ1) is 19.5. The Morgan fingerprint density at radius 2 is 1.50 bits per heavy atom. The molecular formula is C19H22N2O5S2. The molecule has 0 radical (unpaired) electrons. The monoisotopic (exact) mass is 422 g/mol. The van der Waals surface area contributed by atoms with Gasteiger partial charge in [-0.1, -0.05) is 24.3 Å². The van der Waals surface area contributed by atoms with Gasteiger partial charge in [-0.25, -0.2) is 21.6 Å². The van der Waals surface area contributed by atoms with Crippen molar-refractivity contribution in [2.24, 2.45) is 0 Å². The molecule has 0 spiro atoms. The van der Waals surface area contributed by atoms with Gasteiger partial charge in [0.25, 0.3) is 0 Å². The van der Waals surface area contributed by atoms with E-state index >= 15 is 0 Å². The Labute approximate surface area is 165 Å². The molecule has 2 aliphatic rings. The largest absolute Gasteiger partial charge is 0.391 e. The average molecular weight is 423 g/mol. The minimum atomic E-state index is -3.92. The lowest BCUT2D eigenvalue weighted by Gasteiger charge is -2.19. The Kier molecular flexibility index (Phi) is 5.05. The Morgan fingerprint density at radius 3 is 2.18 bits per heavy atom. The fourth-order valence-corrected chi connectivity index (χ4v) is 6.59. The first-order chi connectivity index (χ1) is 13.3. The van der Waals surface area contributed by atoms with Gasteiger partial charge in [-0.05, 0) is 48.2 Å². The van der Waals surface area contributed by atoms with Crippen molar-refractivity contribution in [3.63, 3.8) is 0 Å². The summed E-state index contributed by atoms with van der Waals surface area (Å²) in [5.74, 6) is 0. The summed E-state index contributed by atoms with van der Waals surface area (Å²) in [7, 11) is -7.51. The van der Waals surface area contributed by atoms with Crippen LogP contribution in [-0.4, -0.2) is 45.4 Å². The summed E-state index contributed by atoms with van der Waals surface area (Å²) in [5.41, 5.74) is 1.67. The third-order valence-electron chi connectivity index (χ3n) is 5.32. The highest BCUT2D eigenvalue weighted by Crippen LogP contribution is 2.32. The summed E-state index contributed by atoms with van der Waals surface area (Å²) in [5, 5.41) is 10.3. The highest BCUT2D eigenvalue weighted by atomic mass is 32.2. The summed E-state index contributed by atoms with van der Waals surface area (Å²) >= 11 is 0. The number of aliphatic hydroxyl groups excluding tert-OH is 1. The van der Waals surface area contributed by atoms with Gasteiger partial charge in [0, 0.05) is 19.5 Å². The number of nitrogens with one attached hydrogen (secondary N) is 1. The van der Waals surface area contributed by atoms with E-state index in [2.05, 4.69) is 4.72 Å². The molecule has 2 unspecified atom stereocenters. The van der Waals surface area contributed by atoms with Crippen LogP contribution in [0.2, 0.25) is 0 Å². The summed E-state index contributed by atoms with van der Waals surface area (Å²) in [6.45, 7) is 0.978. The Morgan fingerprint density at radius 1 is 0.893 bits per heavy atom. The van der Waals surface area contributed by atoms with Crippen molar-refractivity contribution >= 4 is 20.0 Å². The van der Waals surface area contributed by atoms with Gasteiger partial charge in [0.2, 0.25) is 20.0 Å². The molecule has 1 heterocycles. The molecular weight excluding hydrogens is 400 g/mol. The Bertz CT molecular complexity index is 1080. The predicted molar refractivity (Wildman–Crippen MR) is 104 cm³/mol. The van der Waals surface area contributed by atoms with Gasteiger partial charge >= 0.3 is 0 Å². The van der Waals surface area contributed by atoms with Crippen molar-refractivity contribution in [3.8, 4) is 0 Å². The van der Waals surface area contributed by atoms with E-state index in [1.54, 1.807) is 12.1 Å². The average Bonchev–Trinajstić information content (AvgIpc) is 3.31. The zero-order valence-corrected chi connectivity index (χ0v) is 16.8. The molecule has 9 heteroatoms. The second-order valence-electron chi connectivity index (χ2n) is 7.15. The van der Waals surface area contributed by atoms with Crippen LogP contribution in [0.15, 0.2) is 58.3 Å². The van der Waals surface area contributed by atoms with Crippen molar-refractivity contribution < 1.29 is 21.9 Å². The van der Waals surface area contributed by atoms with E-state index in [9.17, 15) is 21.9 Å². The van der Waals surface area contributed by atoms with Crippen molar-refractivity contribution in [2.45, 2.75) is 41.2 Å². The number of nitrogens with zero attached hydrogens (tertiary/aromatic N) is 1. The van der Waals surface area contributed by atoms with E-state index in [0.29, 0.717) is 19.5 Å². The molecule has 1 aliphatic carbocycles. The van der Waals surface area contributed by atoms with Crippen LogP contribution in [0, 0.1) is 0 Å². The molecule has 150 valence electrons. The number of aliphatic hydroxyl groups is 1. The highest BCUT2D eigenvalue weighted by molar-refractivity contribution is 7.89. The van der Waals surface area contributed by atoms with E-state index in [0.717, 1.165) is 24.0 Å². The van der Waals surface area contributed by atoms with Gasteiger partial charge in [-0.15, -0.1) is 0 Å². The maximum Gasteiger partial charge on any atom is 0.243 e. The van der Waals surface area contributed by atoms with Crippen molar-refractivity contribution in [1.29, 1.82) is 0 Å². The van der Waals surface area contributed by atoms with Gasteiger partial charge < -0.3 is 5.11 Å². The standard InChI is InChI=1S/C19H22N2O5S2/c22-18-13-14-5-1-2-6-17(14)19(18)20-27(23,24)15-7-9-16(10-8-15)28(25,26)21-11-3-4-12-21/h1-2,5-10,18-20,22H,3-4,11-13H2. The zero-order chi connectivity index (χ0) is 19.9. The topological polar surface area (TPSA) is 104 Å². The predicted octanol–water partition coefficient (Wildman–Crippen LogP) is 1.41. The normalized spacial score (nSPS) is 23.0. The number of benzene rings is 2. The lowest BCUT2D eigenvalue weighted by atomic mass is 10.1. The van der Waals surface area contributed by atoms with E-state index < -0.39 is 32.2 Å². The lowest BCUT2D eigenvalue weighted by molar-refractivity contribution is 0.151. The van der Waals surface area contributed by atoms with Crippen LogP contribution in [0.5, 0.6) is 0 Å². The van der Waals surface area contributed by atoms with E-state index in [1.807, 2.05) is 12.1 Å². The number of rotatable bonds is 5. The van der Waals surface area contributed by atoms with E-state index in [4.69, 9.17) is 0 Å². The van der Waals surface area contributed by atoms with Crippen LogP contribution in [0.4, 0.5) is 0 Å². The molecule has 2 atom stereocenters. The highest BCUT2D eigenvalue weighted by Gasteiger charge is 2.34. The van der Waals surface area contributed by atoms with Gasteiger partial charge in [0.15, 0.2) is 0 Å². The van der Waals surface area contributed by atoms with Crippen LogP contribution in [0.25, 0.3) is 0 Å². The molecule has 1 aliphatic heterocycles. The SMILES string of the molecule is O=S(=O)(NC1c2ccccc2CC1O)c1ccc(S(=O)(=O)N2CCCC2)cc1. The van der Waals surface area contributed by atoms with Crippen molar-refractivity contribution in [2.75, 3.05) is 13.1 Å². The first-order valence-electron chi connectivity index (χ1n) is 9.17. The number of fused-ring (bicyclic) bond motifs is 1. The van der Waals surface area contributed by atoms with Crippen LogP contribution in [0.1, 0.15) is 30.0 Å². The summed E-state index contributed by atoms with van der Waals surface area (Å²) in [4.78, 5) is 0.0454. The van der Waals surface area contributed by atoms with Crippen molar-refractivity contribution in [1.82, 2.24) is 9.03 Å². The molecule has 7 nitrogen and oxygen atoms in total. The Balaban J connectivity index is 1.57. The molecule has 0 aromatic heterocycles. The fraction of sp³-hybridized carbons (Fsp3) is 0.368. The minimum absolute atomic E-state index is 0.0375. The third-order valence-corrected chi connectivity index (χ3v) is 8.69. The van der Waals surface area contributed by atoms with Crippen LogP contribution >= 0.6 is 0 Å². The first-order valence-corrected chi connectivity index (χ1v) is 12.1. The van der Waals surface area contributed by atoms with Gasteiger partial charge in [0.1, 0.15) is 0 Å². The third kappa shape index (κ3) is 3.48. The second kappa shape index (κ2) is 7.23. The molecule has 0 saturated carbocycles. The molecule has 2 aromatic carbocycles. The molecule has 0 amide bonds. The molecule has 1 saturated heterocycles. The van der Waals surface area contributed by atoms with Crippen LogP contribution in [0.3, 0.4) is 0 Å². The maximum absolute atomic E-state index is 12.8. The minimum Gasteiger partial charge on any atom is -0.391 e. The van der Waals surface area contributed by atoms with Gasteiger partial charge in [0.05, 0.1) is 21.9 Å². The molecule has 4 rings (SSSR count). The number of hydrogen-bond acceptors (Lipinski definition) is 5. The maximum atomic E-state index is 12.8. The van der Waals surface area contributed by atoms with Crippen molar-refractivity contribution in [3.05, 3.63) is 59.7 Å². The lowest BCUT2D eigenvalue weighted by Crippen LogP contribution is -2.34. The summed E-state index contributed by atoms with van der Waals surface area (Å²) < 4.78 is 54.7. The molecule has 28 heavy (non-hydrogen) atoms. The fourth-order valence-electron chi connectivity index (χ4n) is 3.82. The summed E-state index contributed by atoms with van der Waals surface area (Å²) in [6, 6.07) is 11.8. The molecule has 0 bridgehead atoms.